The SMILES string of the molecule is CN(CCO)c1cccc(N(C)CCOCC=O)c1.N=C(N)c1ccc(NC(=O)CCC=O)cc1. The number of nitrogen functional groups attached to an aromatic ring is 1. The van der Waals surface area contributed by atoms with E-state index in [9.17, 15) is 14.4 Å². The van der Waals surface area contributed by atoms with Gasteiger partial charge in [0.05, 0.1) is 13.2 Å². The van der Waals surface area contributed by atoms with Crippen molar-refractivity contribution in [2.75, 3.05) is 62.1 Å². The van der Waals surface area contributed by atoms with Gasteiger partial charge in [0.15, 0.2) is 0 Å². The highest BCUT2D eigenvalue weighted by atomic mass is 16.5. The number of carbonyl (C=O) groups is 3. The molecule has 10 heteroatoms. The van der Waals surface area contributed by atoms with Gasteiger partial charge in [0, 0.05) is 62.7 Å². The van der Waals surface area contributed by atoms with Gasteiger partial charge >= 0.3 is 0 Å². The Balaban J connectivity index is 0.000000355. The van der Waals surface area contributed by atoms with Crippen LogP contribution in [0.4, 0.5) is 17.1 Å². The summed E-state index contributed by atoms with van der Waals surface area (Å²) in [6, 6.07) is 14.7. The average Bonchev–Trinajstić information content (AvgIpc) is 2.86. The van der Waals surface area contributed by atoms with E-state index in [-0.39, 0.29) is 37.8 Å². The number of ether oxygens (including phenoxy) is 1. The molecule has 190 valence electrons. The lowest BCUT2D eigenvalue weighted by atomic mass is 10.2. The Morgan fingerprint density at radius 3 is 2.23 bits per heavy atom. The van der Waals surface area contributed by atoms with Crippen LogP contribution in [0.1, 0.15) is 18.4 Å². The van der Waals surface area contributed by atoms with E-state index in [0.717, 1.165) is 24.2 Å². The molecule has 0 aliphatic carbocycles. The number of amidine groups is 1. The third kappa shape index (κ3) is 11.8. The van der Waals surface area contributed by atoms with Crippen LogP contribution in [0, 0.1) is 5.41 Å². The highest BCUT2D eigenvalue weighted by Crippen LogP contribution is 2.20. The third-order valence-corrected chi connectivity index (χ3v) is 4.87. The number of likely N-dealkylation sites (N-methyl/N-ethyl adjacent to an activating group) is 2. The Morgan fingerprint density at radius 1 is 1.06 bits per heavy atom. The third-order valence-electron chi connectivity index (χ3n) is 4.87. The van der Waals surface area contributed by atoms with E-state index in [1.54, 1.807) is 24.3 Å². The van der Waals surface area contributed by atoms with Crippen LogP contribution >= 0.6 is 0 Å². The Bertz CT molecular complexity index is 936. The van der Waals surface area contributed by atoms with Crippen molar-refractivity contribution < 1.29 is 24.2 Å². The van der Waals surface area contributed by atoms with E-state index in [4.69, 9.17) is 21.0 Å². The lowest BCUT2D eigenvalue weighted by Gasteiger charge is -2.23. The first-order valence-electron chi connectivity index (χ1n) is 11.1. The van der Waals surface area contributed by atoms with Crippen molar-refractivity contribution in [3.8, 4) is 0 Å². The van der Waals surface area contributed by atoms with Crippen molar-refractivity contribution >= 4 is 41.4 Å². The monoisotopic (exact) mass is 485 g/mol. The van der Waals surface area contributed by atoms with Crippen LogP contribution in [-0.4, -0.2) is 76.4 Å². The molecule has 0 spiro atoms. The van der Waals surface area contributed by atoms with Gasteiger partial charge in [0.1, 0.15) is 25.0 Å². The molecule has 2 aromatic carbocycles. The van der Waals surface area contributed by atoms with Crippen molar-refractivity contribution in [3.05, 3.63) is 54.1 Å². The number of benzene rings is 2. The van der Waals surface area contributed by atoms with Gasteiger partial charge in [0.2, 0.25) is 5.91 Å². The Hall–Kier alpha value is -3.76. The predicted octanol–water partition coefficient (Wildman–Crippen LogP) is 1.66. The molecule has 0 fully saturated rings. The first-order chi connectivity index (χ1) is 16.8. The molecule has 2 rings (SSSR count). The maximum atomic E-state index is 11.3. The smallest absolute Gasteiger partial charge is 0.224 e. The summed E-state index contributed by atoms with van der Waals surface area (Å²) in [5, 5.41) is 18.8. The summed E-state index contributed by atoms with van der Waals surface area (Å²) in [4.78, 5) is 35.5. The summed E-state index contributed by atoms with van der Waals surface area (Å²) in [5.41, 5.74) is 8.66. The average molecular weight is 486 g/mol. The molecule has 0 aliphatic heterocycles. The molecule has 5 N–H and O–H groups in total. The van der Waals surface area contributed by atoms with E-state index in [1.807, 2.05) is 37.2 Å². The molecule has 2 aromatic rings. The van der Waals surface area contributed by atoms with Gasteiger partial charge in [0.25, 0.3) is 0 Å². The molecule has 0 unspecified atom stereocenters. The number of nitrogens with zero attached hydrogens (tertiary/aromatic N) is 2. The highest BCUT2D eigenvalue weighted by Gasteiger charge is 2.05. The van der Waals surface area contributed by atoms with Crippen LogP contribution < -0.4 is 20.9 Å². The van der Waals surface area contributed by atoms with E-state index in [2.05, 4.69) is 16.3 Å². The summed E-state index contributed by atoms with van der Waals surface area (Å²) in [6.45, 7) is 2.13. The molecule has 0 atom stereocenters. The Labute approximate surface area is 206 Å². The number of hydrogen-bond acceptors (Lipinski definition) is 8. The second-order valence-corrected chi connectivity index (χ2v) is 7.57. The minimum atomic E-state index is -0.206. The van der Waals surface area contributed by atoms with Crippen molar-refractivity contribution in [2.45, 2.75) is 12.8 Å². The van der Waals surface area contributed by atoms with E-state index in [1.165, 1.54) is 0 Å². The van der Waals surface area contributed by atoms with Gasteiger partial charge in [-0.2, -0.15) is 0 Å². The maximum Gasteiger partial charge on any atom is 0.224 e. The minimum Gasteiger partial charge on any atom is -0.395 e. The normalized spacial score (nSPS) is 9.91. The predicted molar refractivity (Wildman–Crippen MR) is 138 cm³/mol. The van der Waals surface area contributed by atoms with Crippen LogP contribution in [-0.2, 0) is 19.1 Å². The fraction of sp³-hybridized carbons (Fsp3) is 0.360. The maximum absolute atomic E-state index is 11.3. The number of carbonyl (C=O) groups excluding carboxylic acids is 3. The summed E-state index contributed by atoms with van der Waals surface area (Å²) in [6.07, 6.45) is 1.86. The van der Waals surface area contributed by atoms with Crippen LogP contribution in [0.3, 0.4) is 0 Å². The molecule has 0 radical (unpaired) electrons. The second-order valence-electron chi connectivity index (χ2n) is 7.57. The van der Waals surface area contributed by atoms with Gasteiger partial charge in [-0.15, -0.1) is 0 Å². The number of aldehydes is 2. The van der Waals surface area contributed by atoms with Gasteiger partial charge in [-0.05, 0) is 42.5 Å². The van der Waals surface area contributed by atoms with Crippen molar-refractivity contribution in [2.24, 2.45) is 5.73 Å². The molecule has 0 bridgehead atoms. The van der Waals surface area contributed by atoms with Gasteiger partial charge in [-0.1, -0.05) is 6.07 Å². The number of rotatable bonds is 14. The quantitative estimate of drug-likeness (QED) is 0.137. The second kappa shape index (κ2) is 16.8. The summed E-state index contributed by atoms with van der Waals surface area (Å²) < 4.78 is 5.14. The summed E-state index contributed by atoms with van der Waals surface area (Å²) >= 11 is 0. The molecule has 0 heterocycles. The van der Waals surface area contributed by atoms with Crippen LogP contribution in [0.25, 0.3) is 0 Å². The minimum absolute atomic E-state index is 0.0150. The van der Waals surface area contributed by atoms with E-state index < -0.39 is 0 Å². The highest BCUT2D eigenvalue weighted by molar-refractivity contribution is 5.96. The first-order valence-corrected chi connectivity index (χ1v) is 11.1. The lowest BCUT2D eigenvalue weighted by molar-refractivity contribution is -0.118. The van der Waals surface area contributed by atoms with Gasteiger partial charge < -0.3 is 40.3 Å². The van der Waals surface area contributed by atoms with Crippen molar-refractivity contribution in [3.63, 3.8) is 0 Å². The number of aliphatic hydroxyl groups is 1. The number of aliphatic hydroxyl groups excluding tert-OH is 1. The fourth-order valence-electron chi connectivity index (χ4n) is 2.86. The van der Waals surface area contributed by atoms with E-state index in [0.29, 0.717) is 30.7 Å². The Kier molecular flexibility index (Phi) is 14.0. The van der Waals surface area contributed by atoms with Crippen LogP contribution in [0.15, 0.2) is 48.5 Å². The molecular weight excluding hydrogens is 450 g/mol. The molecular formula is C25H35N5O5. The van der Waals surface area contributed by atoms with E-state index >= 15 is 0 Å². The topological polar surface area (TPSA) is 149 Å². The Morgan fingerprint density at radius 2 is 1.69 bits per heavy atom. The van der Waals surface area contributed by atoms with Crippen LogP contribution in [0.5, 0.6) is 0 Å². The zero-order valence-electron chi connectivity index (χ0n) is 20.3. The molecule has 0 saturated carbocycles. The van der Waals surface area contributed by atoms with Crippen LogP contribution in [0.2, 0.25) is 0 Å². The van der Waals surface area contributed by atoms with Crippen molar-refractivity contribution in [1.82, 2.24) is 0 Å². The molecule has 1 amide bonds. The number of nitrogens with one attached hydrogen (secondary N) is 2. The molecule has 10 nitrogen and oxygen atoms in total. The zero-order chi connectivity index (χ0) is 26.1. The summed E-state index contributed by atoms with van der Waals surface area (Å²) in [5.74, 6) is -0.221. The molecule has 35 heavy (non-hydrogen) atoms. The standard InChI is InChI=1S/C14H22N2O3.C11H13N3O2/c1-15(6-8-17)13-4-3-5-14(12-13)16(2)7-10-19-11-9-18;12-11(13)8-3-5-9(6-4-8)14-10(16)2-1-7-15/h3-5,9,12,17H,6-8,10-11H2,1-2H3;3-7H,1-2H2,(H3,12,13)(H,14,16). The number of nitrogens with two attached hydrogens (primary N) is 1. The lowest BCUT2D eigenvalue weighted by Crippen LogP contribution is -2.24. The summed E-state index contributed by atoms with van der Waals surface area (Å²) in [7, 11) is 3.93. The molecule has 0 aromatic heterocycles. The molecule has 0 aliphatic rings. The van der Waals surface area contributed by atoms with Gasteiger partial charge in [-0.3, -0.25) is 10.2 Å². The largest absolute Gasteiger partial charge is 0.395 e. The van der Waals surface area contributed by atoms with Crippen molar-refractivity contribution in [1.29, 1.82) is 5.41 Å². The number of hydrogen-bond donors (Lipinski definition) is 4. The number of anilines is 3. The fourth-order valence-corrected chi connectivity index (χ4v) is 2.86. The number of amides is 1. The molecule has 0 saturated heterocycles. The van der Waals surface area contributed by atoms with Gasteiger partial charge in [-0.25, -0.2) is 0 Å². The zero-order valence-corrected chi connectivity index (χ0v) is 20.3. The first kappa shape index (κ1) is 29.3.